The Kier molecular flexibility index (Phi) is 4.34. The minimum Gasteiger partial charge on any atom is -0.508 e. The quantitative estimate of drug-likeness (QED) is 0.742. The summed E-state index contributed by atoms with van der Waals surface area (Å²) in [6.45, 7) is 2.79. The van der Waals surface area contributed by atoms with Crippen LogP contribution in [0.15, 0.2) is 42.5 Å². The second-order valence-electron chi connectivity index (χ2n) is 5.39. The highest BCUT2D eigenvalue weighted by Gasteiger charge is 2.17. The summed E-state index contributed by atoms with van der Waals surface area (Å²) in [5, 5.41) is 11.4. The number of benzene rings is 2. The number of nitrogens with zero attached hydrogens (tertiary/aromatic N) is 2. The molecule has 22 heavy (non-hydrogen) atoms. The van der Waals surface area contributed by atoms with Crippen LogP contribution in [0.3, 0.4) is 0 Å². The highest BCUT2D eigenvalue weighted by atomic mass is 35.5. The number of fused-ring (bicyclic) bond motifs is 1. The van der Waals surface area contributed by atoms with Crippen LogP contribution in [0.2, 0.25) is 5.02 Å². The van der Waals surface area contributed by atoms with Crippen LogP contribution in [-0.4, -0.2) is 22.0 Å². The number of phenols is 1. The minimum atomic E-state index is 0.177. The van der Waals surface area contributed by atoms with E-state index in [4.69, 9.17) is 16.6 Å². The molecule has 1 atom stereocenters. The number of aromatic nitrogens is 1. The molecule has 5 heteroatoms. The highest BCUT2D eigenvalue weighted by Crippen LogP contribution is 2.30. The third-order valence-corrected chi connectivity index (χ3v) is 5.35. The zero-order chi connectivity index (χ0) is 15.7. The number of hydrogen-bond acceptors (Lipinski definition) is 4. The fourth-order valence-electron chi connectivity index (χ4n) is 2.35. The van der Waals surface area contributed by atoms with Crippen LogP contribution in [0.5, 0.6) is 5.75 Å². The average molecular weight is 333 g/mol. The molecule has 3 nitrogen and oxygen atoms in total. The molecule has 0 radical (unpaired) electrons. The van der Waals surface area contributed by atoms with Crippen LogP contribution in [0, 0.1) is 0 Å². The molecule has 114 valence electrons. The van der Waals surface area contributed by atoms with Crippen molar-refractivity contribution in [2.45, 2.75) is 19.5 Å². The summed E-state index contributed by atoms with van der Waals surface area (Å²) in [6.07, 6.45) is 0. The topological polar surface area (TPSA) is 36.4 Å². The molecule has 0 aliphatic carbocycles. The molecule has 3 rings (SSSR count). The van der Waals surface area contributed by atoms with E-state index >= 15 is 0 Å². The Balaban J connectivity index is 1.81. The van der Waals surface area contributed by atoms with Crippen molar-refractivity contribution >= 4 is 33.2 Å². The van der Waals surface area contributed by atoms with Crippen molar-refractivity contribution in [1.29, 1.82) is 0 Å². The largest absolute Gasteiger partial charge is 0.508 e. The van der Waals surface area contributed by atoms with E-state index in [-0.39, 0.29) is 11.8 Å². The molecule has 3 aromatic rings. The number of rotatable bonds is 4. The van der Waals surface area contributed by atoms with E-state index in [1.165, 1.54) is 4.70 Å². The van der Waals surface area contributed by atoms with E-state index in [0.717, 1.165) is 16.1 Å². The van der Waals surface area contributed by atoms with Crippen molar-refractivity contribution in [3.05, 3.63) is 58.1 Å². The summed E-state index contributed by atoms with van der Waals surface area (Å²) in [7, 11) is 2.04. The molecule has 0 saturated heterocycles. The highest BCUT2D eigenvalue weighted by molar-refractivity contribution is 7.18. The number of para-hydroxylation sites is 1. The fourth-order valence-corrected chi connectivity index (χ4v) is 3.61. The molecular weight excluding hydrogens is 316 g/mol. The molecule has 0 bridgehead atoms. The number of aromatic hydroxyl groups is 1. The van der Waals surface area contributed by atoms with Gasteiger partial charge in [-0.1, -0.05) is 23.7 Å². The lowest BCUT2D eigenvalue weighted by atomic mass is 10.2. The maximum Gasteiger partial charge on any atom is 0.116 e. The Hall–Kier alpha value is -1.62. The van der Waals surface area contributed by atoms with Crippen LogP contribution in [0.25, 0.3) is 10.2 Å². The van der Waals surface area contributed by atoms with Gasteiger partial charge in [-0.15, -0.1) is 11.3 Å². The van der Waals surface area contributed by atoms with Crippen molar-refractivity contribution in [1.82, 2.24) is 9.88 Å². The smallest absolute Gasteiger partial charge is 0.116 e. The number of halogens is 1. The van der Waals surface area contributed by atoms with Crippen LogP contribution < -0.4 is 0 Å². The molecule has 1 unspecified atom stereocenters. The van der Waals surface area contributed by atoms with E-state index in [9.17, 15) is 5.11 Å². The van der Waals surface area contributed by atoms with Crippen LogP contribution in [-0.2, 0) is 6.54 Å². The Labute approximate surface area is 138 Å². The van der Waals surface area contributed by atoms with Crippen LogP contribution in [0.4, 0.5) is 0 Å². The molecule has 0 amide bonds. The van der Waals surface area contributed by atoms with Gasteiger partial charge in [0.1, 0.15) is 10.8 Å². The van der Waals surface area contributed by atoms with E-state index in [2.05, 4.69) is 17.9 Å². The summed E-state index contributed by atoms with van der Waals surface area (Å²) in [5.74, 6) is 0.237. The van der Waals surface area contributed by atoms with Gasteiger partial charge in [0.25, 0.3) is 0 Å². The first-order valence-electron chi connectivity index (χ1n) is 7.07. The Morgan fingerprint density at radius 1 is 1.27 bits per heavy atom. The molecule has 0 aliphatic rings. The maximum atomic E-state index is 9.61. The third-order valence-electron chi connectivity index (χ3n) is 3.78. The second kappa shape index (κ2) is 6.24. The molecule has 0 aliphatic heterocycles. The predicted octanol–water partition coefficient (Wildman–Crippen LogP) is 4.85. The minimum absolute atomic E-state index is 0.177. The van der Waals surface area contributed by atoms with Crippen molar-refractivity contribution in [3.8, 4) is 5.75 Å². The summed E-state index contributed by atoms with van der Waals surface area (Å²) in [5.41, 5.74) is 1.95. The molecule has 1 aromatic heterocycles. The Morgan fingerprint density at radius 2 is 2.05 bits per heavy atom. The van der Waals surface area contributed by atoms with Crippen LogP contribution >= 0.6 is 22.9 Å². The van der Waals surface area contributed by atoms with Crippen molar-refractivity contribution in [2.24, 2.45) is 0 Å². The number of hydrogen-bond donors (Lipinski definition) is 1. The molecule has 1 N–H and O–H groups in total. The lowest BCUT2D eigenvalue weighted by Gasteiger charge is -2.23. The van der Waals surface area contributed by atoms with E-state index in [1.54, 1.807) is 29.5 Å². The summed E-state index contributed by atoms with van der Waals surface area (Å²) in [4.78, 5) is 6.89. The van der Waals surface area contributed by atoms with Gasteiger partial charge in [0.2, 0.25) is 0 Å². The molecular formula is C17H17ClN2OS. The monoisotopic (exact) mass is 332 g/mol. The Bertz CT molecular complexity index is 769. The normalized spacial score (nSPS) is 12.9. The zero-order valence-electron chi connectivity index (χ0n) is 12.5. The van der Waals surface area contributed by atoms with Crippen molar-refractivity contribution in [2.75, 3.05) is 7.05 Å². The molecule has 0 spiro atoms. The predicted molar refractivity (Wildman–Crippen MR) is 92.6 cm³/mol. The number of phenolic OH excluding ortho intramolecular Hbond substituents is 1. The molecule has 0 fully saturated rings. The number of thiazole rings is 1. The van der Waals surface area contributed by atoms with E-state index in [0.29, 0.717) is 11.6 Å². The standard InChI is InChI=1S/C17H17ClN2OS/c1-11(17-19-15-5-3-4-6-16(15)22-17)20(2)10-12-9-13(21)7-8-14(12)18/h3-9,11,21H,10H2,1-2H3. The second-order valence-corrected chi connectivity index (χ2v) is 6.86. The van der Waals surface area contributed by atoms with Gasteiger partial charge >= 0.3 is 0 Å². The van der Waals surface area contributed by atoms with Crippen LogP contribution in [0.1, 0.15) is 23.5 Å². The Morgan fingerprint density at radius 3 is 2.82 bits per heavy atom. The molecule has 0 saturated carbocycles. The summed E-state index contributed by atoms with van der Waals surface area (Å²) in [6, 6.07) is 13.4. The van der Waals surface area contributed by atoms with Gasteiger partial charge in [-0.05, 0) is 49.9 Å². The van der Waals surface area contributed by atoms with E-state index in [1.807, 2.05) is 25.2 Å². The SMILES string of the molecule is CC(c1nc2ccccc2s1)N(C)Cc1cc(O)ccc1Cl. The first kappa shape index (κ1) is 15.3. The molecule has 2 aromatic carbocycles. The van der Waals surface area contributed by atoms with E-state index < -0.39 is 0 Å². The van der Waals surface area contributed by atoms with Gasteiger partial charge < -0.3 is 5.11 Å². The average Bonchev–Trinajstić information content (AvgIpc) is 2.94. The first-order chi connectivity index (χ1) is 10.5. The van der Waals surface area contributed by atoms with Gasteiger partial charge in [0.05, 0.1) is 16.3 Å². The van der Waals surface area contributed by atoms with Crippen molar-refractivity contribution in [3.63, 3.8) is 0 Å². The third kappa shape index (κ3) is 3.09. The maximum absolute atomic E-state index is 9.61. The van der Waals surface area contributed by atoms with Gasteiger partial charge in [0.15, 0.2) is 0 Å². The van der Waals surface area contributed by atoms with Gasteiger partial charge in [-0.25, -0.2) is 4.98 Å². The van der Waals surface area contributed by atoms with Gasteiger partial charge in [-0.2, -0.15) is 0 Å². The van der Waals surface area contributed by atoms with Crippen molar-refractivity contribution < 1.29 is 5.11 Å². The summed E-state index contributed by atoms with van der Waals surface area (Å²) < 4.78 is 1.20. The fraction of sp³-hybridized carbons (Fsp3) is 0.235. The zero-order valence-corrected chi connectivity index (χ0v) is 14.0. The first-order valence-corrected chi connectivity index (χ1v) is 8.27. The summed E-state index contributed by atoms with van der Waals surface area (Å²) >= 11 is 7.92. The van der Waals surface area contributed by atoms with Gasteiger partial charge in [-0.3, -0.25) is 4.90 Å². The lowest BCUT2D eigenvalue weighted by Crippen LogP contribution is -2.22. The lowest BCUT2D eigenvalue weighted by molar-refractivity contribution is 0.252. The molecule has 1 heterocycles. The van der Waals surface area contributed by atoms with Gasteiger partial charge in [0, 0.05) is 11.6 Å².